The fraction of sp³-hybridized carbons (Fsp3) is 0.250. The number of fused-ring (bicyclic) bond motifs is 2. The maximum absolute atomic E-state index is 13.0. The zero-order valence-corrected chi connectivity index (χ0v) is 18.4. The molecule has 2 aromatic carbocycles. The molecule has 0 unspecified atom stereocenters. The molecule has 1 amide bonds. The molecule has 0 saturated heterocycles. The normalized spacial score (nSPS) is 11.5. The molecule has 4 aromatic rings. The molecule has 0 spiro atoms. The molecule has 0 aliphatic heterocycles. The second-order valence-electron chi connectivity index (χ2n) is 7.41. The number of hydrogen-bond acceptors (Lipinski definition) is 6. The van der Waals surface area contributed by atoms with Crippen molar-refractivity contribution in [3.63, 3.8) is 0 Å². The molecule has 0 bridgehead atoms. The Morgan fingerprint density at radius 1 is 1.06 bits per heavy atom. The summed E-state index contributed by atoms with van der Waals surface area (Å²) >= 11 is 0. The van der Waals surface area contributed by atoms with Gasteiger partial charge in [-0.15, -0.1) is 10.2 Å². The third-order valence-electron chi connectivity index (χ3n) is 5.28. The summed E-state index contributed by atoms with van der Waals surface area (Å²) in [4.78, 5) is 17.5. The Kier molecular flexibility index (Phi) is 5.77. The Hall–Kier alpha value is -3.94. The van der Waals surface area contributed by atoms with Gasteiger partial charge in [0.1, 0.15) is 11.5 Å². The second kappa shape index (κ2) is 8.66. The van der Waals surface area contributed by atoms with Crippen LogP contribution in [0.2, 0.25) is 0 Å². The van der Waals surface area contributed by atoms with E-state index in [0.29, 0.717) is 45.6 Å². The van der Waals surface area contributed by atoms with Crippen molar-refractivity contribution in [2.24, 2.45) is 10.2 Å². The zero-order valence-electron chi connectivity index (χ0n) is 18.4. The Balaban J connectivity index is 1.81. The molecule has 0 atom stereocenters. The first-order valence-electron chi connectivity index (χ1n) is 10.3. The summed E-state index contributed by atoms with van der Waals surface area (Å²) in [5.41, 5.74) is 2.74. The van der Waals surface area contributed by atoms with Crippen molar-refractivity contribution in [2.75, 3.05) is 14.2 Å². The van der Waals surface area contributed by atoms with Crippen LogP contribution in [0.1, 0.15) is 29.4 Å². The monoisotopic (exact) mass is 432 g/mol. The van der Waals surface area contributed by atoms with Crippen LogP contribution in [0.15, 0.2) is 52.7 Å². The molecule has 164 valence electrons. The van der Waals surface area contributed by atoms with Gasteiger partial charge in [-0.05, 0) is 55.8 Å². The Labute approximate surface area is 185 Å². The van der Waals surface area contributed by atoms with Crippen molar-refractivity contribution in [1.82, 2.24) is 9.55 Å². The van der Waals surface area contributed by atoms with E-state index in [-0.39, 0.29) is 11.6 Å². The van der Waals surface area contributed by atoms with Gasteiger partial charge < -0.3 is 19.1 Å². The summed E-state index contributed by atoms with van der Waals surface area (Å²) in [6.45, 7) is 4.44. The van der Waals surface area contributed by atoms with Crippen LogP contribution in [-0.4, -0.2) is 34.8 Å². The van der Waals surface area contributed by atoms with Gasteiger partial charge in [0.05, 0.1) is 30.8 Å². The standard InChI is InChI=1S/C24H24N4O4/c1-5-10-28-21-9-7-16(32-4)13-19(21)22(24(28)30)26-27-23(29)18-11-14(2)25-20-8-6-15(31-3)12-17(18)20/h6-9,11-13,30H,5,10H2,1-4H3. The number of hydrogen-bond donors (Lipinski definition) is 1. The fourth-order valence-electron chi connectivity index (χ4n) is 3.77. The van der Waals surface area contributed by atoms with Crippen LogP contribution < -0.4 is 9.47 Å². The van der Waals surface area contributed by atoms with E-state index in [9.17, 15) is 9.90 Å². The quantitative estimate of drug-likeness (QED) is 0.403. The number of aromatic nitrogens is 2. The summed E-state index contributed by atoms with van der Waals surface area (Å²) in [5, 5.41) is 20.2. The first-order chi connectivity index (χ1) is 15.5. The predicted octanol–water partition coefficient (Wildman–Crippen LogP) is 5.55. The summed E-state index contributed by atoms with van der Waals surface area (Å²) in [7, 11) is 3.13. The molecule has 1 N–H and O–H groups in total. The highest BCUT2D eigenvalue weighted by atomic mass is 16.5. The zero-order chi connectivity index (χ0) is 22.8. The Bertz CT molecular complexity index is 1360. The Morgan fingerprint density at radius 2 is 1.75 bits per heavy atom. The number of carbonyl (C=O) groups is 1. The minimum Gasteiger partial charge on any atom is -0.497 e. The first kappa shape index (κ1) is 21.3. The van der Waals surface area contributed by atoms with Crippen LogP contribution in [0, 0.1) is 6.92 Å². The third kappa shape index (κ3) is 3.75. The number of pyridine rings is 1. The van der Waals surface area contributed by atoms with E-state index in [2.05, 4.69) is 15.2 Å². The maximum Gasteiger partial charge on any atom is 0.296 e. The van der Waals surface area contributed by atoms with E-state index in [0.717, 1.165) is 11.9 Å². The molecule has 0 aliphatic carbocycles. The van der Waals surface area contributed by atoms with Crippen molar-refractivity contribution < 1.29 is 19.4 Å². The van der Waals surface area contributed by atoms with Crippen molar-refractivity contribution in [3.8, 4) is 17.4 Å². The number of aromatic hydroxyl groups is 1. The molecule has 2 heterocycles. The lowest BCUT2D eigenvalue weighted by Gasteiger charge is -2.06. The largest absolute Gasteiger partial charge is 0.497 e. The molecule has 8 nitrogen and oxygen atoms in total. The fourth-order valence-corrected chi connectivity index (χ4v) is 3.77. The van der Waals surface area contributed by atoms with Crippen molar-refractivity contribution >= 4 is 33.4 Å². The van der Waals surface area contributed by atoms with Gasteiger partial charge in [-0.2, -0.15) is 0 Å². The van der Waals surface area contributed by atoms with E-state index in [1.807, 2.05) is 26.0 Å². The SMILES string of the molecule is CCCn1c(O)c(N=NC(=O)c2cc(C)nc3ccc(OC)cc23)c2cc(OC)ccc21. The van der Waals surface area contributed by atoms with Crippen molar-refractivity contribution in [3.05, 3.63) is 53.7 Å². The maximum atomic E-state index is 13.0. The number of aryl methyl sites for hydroxylation is 2. The van der Waals surface area contributed by atoms with E-state index >= 15 is 0 Å². The Morgan fingerprint density at radius 3 is 2.44 bits per heavy atom. The van der Waals surface area contributed by atoms with Gasteiger partial charge in [0.25, 0.3) is 5.91 Å². The predicted molar refractivity (Wildman–Crippen MR) is 122 cm³/mol. The lowest BCUT2D eigenvalue weighted by atomic mass is 10.1. The smallest absolute Gasteiger partial charge is 0.296 e. The molecular formula is C24H24N4O4. The highest BCUT2D eigenvalue weighted by Gasteiger charge is 2.18. The molecule has 0 saturated carbocycles. The van der Waals surface area contributed by atoms with E-state index in [1.165, 1.54) is 0 Å². The highest BCUT2D eigenvalue weighted by molar-refractivity contribution is 6.07. The summed E-state index contributed by atoms with van der Waals surface area (Å²) in [6, 6.07) is 12.5. The molecule has 8 heteroatoms. The van der Waals surface area contributed by atoms with Crippen LogP contribution in [0.4, 0.5) is 5.69 Å². The number of azo groups is 1. The molecule has 0 radical (unpaired) electrons. The van der Waals surface area contributed by atoms with Gasteiger partial charge in [0.2, 0.25) is 5.88 Å². The van der Waals surface area contributed by atoms with Crippen LogP contribution in [0.5, 0.6) is 17.4 Å². The highest BCUT2D eigenvalue weighted by Crippen LogP contribution is 2.40. The van der Waals surface area contributed by atoms with Crippen molar-refractivity contribution in [2.45, 2.75) is 26.8 Å². The summed E-state index contributed by atoms with van der Waals surface area (Å²) < 4.78 is 12.4. The average molecular weight is 432 g/mol. The minimum atomic E-state index is -0.535. The van der Waals surface area contributed by atoms with Gasteiger partial charge in [0.15, 0.2) is 5.69 Å². The summed E-state index contributed by atoms with van der Waals surface area (Å²) in [5.74, 6) is 0.662. The lowest BCUT2D eigenvalue weighted by Crippen LogP contribution is -1.99. The van der Waals surface area contributed by atoms with Crippen LogP contribution in [0.25, 0.3) is 21.8 Å². The lowest BCUT2D eigenvalue weighted by molar-refractivity contribution is 0.0996. The number of benzene rings is 2. The number of amides is 1. The number of nitrogens with zero attached hydrogens (tertiary/aromatic N) is 4. The van der Waals surface area contributed by atoms with Gasteiger partial charge in [-0.1, -0.05) is 6.92 Å². The van der Waals surface area contributed by atoms with Crippen molar-refractivity contribution in [1.29, 1.82) is 0 Å². The number of rotatable bonds is 6. The molecule has 32 heavy (non-hydrogen) atoms. The molecular weight excluding hydrogens is 408 g/mol. The molecule has 0 aliphatic rings. The molecule has 4 rings (SSSR count). The number of methoxy groups -OCH3 is 2. The van der Waals surface area contributed by atoms with E-state index in [1.54, 1.807) is 49.1 Å². The average Bonchev–Trinajstić information content (AvgIpc) is 3.06. The van der Waals surface area contributed by atoms with Gasteiger partial charge in [0, 0.05) is 23.0 Å². The third-order valence-corrected chi connectivity index (χ3v) is 5.28. The van der Waals surface area contributed by atoms with Gasteiger partial charge in [-0.25, -0.2) is 0 Å². The van der Waals surface area contributed by atoms with Crippen LogP contribution in [0.3, 0.4) is 0 Å². The van der Waals surface area contributed by atoms with Crippen LogP contribution >= 0.6 is 0 Å². The minimum absolute atomic E-state index is 0.0379. The molecule has 0 fully saturated rings. The topological polar surface area (TPSA) is 98.3 Å². The number of carbonyl (C=O) groups excluding carboxylic acids is 1. The van der Waals surface area contributed by atoms with Gasteiger partial charge >= 0.3 is 0 Å². The number of ether oxygens (including phenoxy) is 2. The second-order valence-corrected chi connectivity index (χ2v) is 7.41. The van der Waals surface area contributed by atoms with E-state index in [4.69, 9.17) is 9.47 Å². The van der Waals surface area contributed by atoms with Crippen LogP contribution in [-0.2, 0) is 6.54 Å². The molecule has 2 aromatic heterocycles. The van der Waals surface area contributed by atoms with E-state index < -0.39 is 5.91 Å². The van der Waals surface area contributed by atoms with Gasteiger partial charge in [-0.3, -0.25) is 9.78 Å². The first-order valence-corrected chi connectivity index (χ1v) is 10.3. The summed E-state index contributed by atoms with van der Waals surface area (Å²) in [6.07, 6.45) is 0.822.